The molecule has 5 rings (SSSR count). The molecule has 2 aliphatic rings. The maximum Gasteiger partial charge on any atom is 0.272 e. The summed E-state index contributed by atoms with van der Waals surface area (Å²) in [5.41, 5.74) is 1.84. The first kappa shape index (κ1) is 20.2. The Labute approximate surface area is 179 Å². The van der Waals surface area contributed by atoms with E-state index in [9.17, 15) is 13.2 Å². The molecule has 31 heavy (non-hydrogen) atoms. The summed E-state index contributed by atoms with van der Waals surface area (Å²) in [6, 6.07) is 5.13. The fourth-order valence-electron chi connectivity index (χ4n) is 4.45. The van der Waals surface area contributed by atoms with Crippen molar-refractivity contribution in [3.63, 3.8) is 0 Å². The van der Waals surface area contributed by atoms with Crippen LogP contribution < -0.4 is 5.32 Å². The quantitative estimate of drug-likeness (QED) is 0.642. The third-order valence-corrected chi connectivity index (χ3v) is 7.68. The molecule has 3 aromatic rings. The topological polar surface area (TPSA) is 116 Å². The highest BCUT2D eigenvalue weighted by Gasteiger charge is 2.32. The molecule has 9 nitrogen and oxygen atoms in total. The minimum absolute atomic E-state index is 0.00989. The zero-order chi connectivity index (χ0) is 21.6. The van der Waals surface area contributed by atoms with E-state index in [0.717, 1.165) is 12.8 Å². The number of nitrogens with one attached hydrogen (secondary N) is 1. The number of aryl methyl sites for hydroxylation is 1. The van der Waals surface area contributed by atoms with Crippen LogP contribution in [-0.2, 0) is 14.6 Å². The molecule has 2 atom stereocenters. The van der Waals surface area contributed by atoms with Crippen LogP contribution >= 0.6 is 0 Å². The smallest absolute Gasteiger partial charge is 0.272 e. The Kier molecular flexibility index (Phi) is 5.05. The first-order valence-electron chi connectivity index (χ1n) is 10.4. The van der Waals surface area contributed by atoms with Gasteiger partial charge in [0.2, 0.25) is 0 Å². The average Bonchev–Trinajstić information content (AvgIpc) is 3.52. The highest BCUT2D eigenvalue weighted by molar-refractivity contribution is 7.91. The minimum Gasteiger partial charge on any atom is -0.463 e. The lowest BCUT2D eigenvalue weighted by Gasteiger charge is -2.14. The predicted octanol–water partition coefficient (Wildman–Crippen LogP) is 2.27. The van der Waals surface area contributed by atoms with E-state index < -0.39 is 9.84 Å². The monoisotopic (exact) mass is 444 g/mol. The van der Waals surface area contributed by atoms with E-state index >= 15 is 0 Å². The van der Waals surface area contributed by atoms with E-state index in [4.69, 9.17) is 9.15 Å². The number of hydrogen-bond donors (Lipinski definition) is 1. The normalized spacial score (nSPS) is 22.9. The van der Waals surface area contributed by atoms with Crippen molar-refractivity contribution in [1.82, 2.24) is 19.9 Å². The zero-order valence-corrected chi connectivity index (χ0v) is 18.0. The number of carbonyl (C=O) groups excluding carboxylic acids is 1. The number of sulfone groups is 1. The highest BCUT2D eigenvalue weighted by Crippen LogP contribution is 2.32. The summed E-state index contributed by atoms with van der Waals surface area (Å²) in [7, 11) is -3.08. The molecular formula is C21H24N4O5S. The lowest BCUT2D eigenvalue weighted by Crippen LogP contribution is -2.32. The Bertz CT molecular complexity index is 1230. The van der Waals surface area contributed by atoms with Gasteiger partial charge in [-0.3, -0.25) is 4.79 Å². The molecule has 0 aromatic carbocycles. The maximum absolute atomic E-state index is 13.1. The second-order valence-corrected chi connectivity index (χ2v) is 10.4. The molecule has 3 aromatic heterocycles. The summed E-state index contributed by atoms with van der Waals surface area (Å²) in [5, 5.41) is 2.91. The van der Waals surface area contributed by atoms with Gasteiger partial charge in [-0.05, 0) is 44.4 Å². The van der Waals surface area contributed by atoms with Gasteiger partial charge in [0, 0.05) is 13.2 Å². The van der Waals surface area contributed by atoms with Crippen LogP contribution in [0.2, 0.25) is 0 Å². The van der Waals surface area contributed by atoms with Crippen LogP contribution in [0.5, 0.6) is 0 Å². The predicted molar refractivity (Wildman–Crippen MR) is 114 cm³/mol. The minimum atomic E-state index is -3.08. The number of hydrogen-bond acceptors (Lipinski definition) is 7. The molecule has 0 unspecified atom stereocenters. The largest absolute Gasteiger partial charge is 0.463 e. The molecule has 10 heteroatoms. The number of imidazole rings is 1. The lowest BCUT2D eigenvalue weighted by molar-refractivity contribution is 0.0855. The lowest BCUT2D eigenvalue weighted by atomic mass is 10.2. The zero-order valence-electron chi connectivity index (χ0n) is 17.2. The van der Waals surface area contributed by atoms with Crippen LogP contribution in [0, 0.1) is 6.92 Å². The van der Waals surface area contributed by atoms with Gasteiger partial charge < -0.3 is 19.0 Å². The first-order chi connectivity index (χ1) is 14.9. The SMILES string of the molecule is Cc1nc2c(C(=O)NC[C@H]3CCCO3)nc(-c3ccco3)cc2n1[C@@H]1CCS(=O)(=O)C1. The van der Waals surface area contributed by atoms with Gasteiger partial charge in [-0.15, -0.1) is 0 Å². The Hall–Kier alpha value is -2.72. The molecule has 1 amide bonds. The summed E-state index contributed by atoms with van der Waals surface area (Å²) in [5.74, 6) is 1.07. The first-order valence-corrected chi connectivity index (χ1v) is 12.3. The van der Waals surface area contributed by atoms with Gasteiger partial charge in [-0.2, -0.15) is 0 Å². The van der Waals surface area contributed by atoms with Gasteiger partial charge >= 0.3 is 0 Å². The van der Waals surface area contributed by atoms with Crippen molar-refractivity contribution in [3.8, 4) is 11.5 Å². The average molecular weight is 445 g/mol. The molecule has 5 heterocycles. The van der Waals surface area contributed by atoms with Crippen molar-refractivity contribution in [1.29, 1.82) is 0 Å². The van der Waals surface area contributed by atoms with Crippen LogP contribution in [0.4, 0.5) is 0 Å². The standard InChI is InChI=1S/C21H24N4O5S/c1-13-23-19-17(25(13)14-6-9-31(27,28)12-14)10-16(18-5-3-8-30-18)24-20(19)21(26)22-11-15-4-2-7-29-15/h3,5,8,10,14-15H,2,4,6-7,9,11-12H2,1H3,(H,22,26)/t14-,15-/m1/s1. The summed E-state index contributed by atoms with van der Waals surface area (Å²) in [6.07, 6.45) is 3.98. The fourth-order valence-corrected chi connectivity index (χ4v) is 6.15. The molecule has 0 saturated carbocycles. The summed E-state index contributed by atoms with van der Waals surface area (Å²) in [6.45, 7) is 2.95. The molecule has 2 saturated heterocycles. The van der Waals surface area contributed by atoms with Crippen LogP contribution in [0.25, 0.3) is 22.5 Å². The molecule has 164 valence electrons. The Morgan fingerprint density at radius 1 is 1.32 bits per heavy atom. The van der Waals surface area contributed by atoms with E-state index in [1.54, 1.807) is 18.4 Å². The van der Waals surface area contributed by atoms with E-state index in [1.165, 1.54) is 0 Å². The van der Waals surface area contributed by atoms with Gasteiger partial charge in [-0.1, -0.05) is 0 Å². The van der Waals surface area contributed by atoms with Gasteiger partial charge in [-0.25, -0.2) is 18.4 Å². The van der Waals surface area contributed by atoms with Gasteiger partial charge in [0.15, 0.2) is 21.3 Å². The number of aromatic nitrogens is 3. The Morgan fingerprint density at radius 2 is 2.19 bits per heavy atom. The molecular weight excluding hydrogens is 420 g/mol. The van der Waals surface area contributed by atoms with Crippen molar-refractivity contribution >= 4 is 26.8 Å². The van der Waals surface area contributed by atoms with E-state index in [-0.39, 0.29) is 35.3 Å². The number of nitrogens with zero attached hydrogens (tertiary/aromatic N) is 3. The maximum atomic E-state index is 13.1. The second kappa shape index (κ2) is 7.76. The molecule has 0 spiro atoms. The van der Waals surface area contributed by atoms with Crippen molar-refractivity contribution in [3.05, 3.63) is 36.0 Å². The molecule has 0 bridgehead atoms. The van der Waals surface area contributed by atoms with Gasteiger partial charge in [0.1, 0.15) is 17.0 Å². The molecule has 2 fully saturated rings. The molecule has 0 aliphatic carbocycles. The molecule has 0 radical (unpaired) electrons. The van der Waals surface area contributed by atoms with E-state index in [0.29, 0.717) is 47.9 Å². The Balaban J connectivity index is 1.58. The number of ether oxygens (including phenoxy) is 1. The number of fused-ring (bicyclic) bond motifs is 1. The Morgan fingerprint density at radius 3 is 2.87 bits per heavy atom. The van der Waals surface area contributed by atoms with Crippen molar-refractivity contribution in [2.24, 2.45) is 0 Å². The third-order valence-electron chi connectivity index (χ3n) is 5.93. The third kappa shape index (κ3) is 3.85. The van der Waals surface area contributed by atoms with E-state index in [2.05, 4.69) is 15.3 Å². The van der Waals surface area contributed by atoms with Crippen LogP contribution in [0.1, 0.15) is 41.6 Å². The highest BCUT2D eigenvalue weighted by atomic mass is 32.2. The second-order valence-electron chi connectivity index (χ2n) is 8.13. The van der Waals surface area contributed by atoms with Gasteiger partial charge in [0.25, 0.3) is 5.91 Å². The number of carbonyl (C=O) groups is 1. The molecule has 1 N–H and O–H groups in total. The number of furan rings is 1. The van der Waals surface area contributed by atoms with Crippen LogP contribution in [0.15, 0.2) is 28.9 Å². The molecule has 2 aliphatic heterocycles. The number of amides is 1. The van der Waals surface area contributed by atoms with Crippen molar-refractivity contribution < 1.29 is 22.4 Å². The number of pyridine rings is 1. The van der Waals surface area contributed by atoms with Crippen LogP contribution in [0.3, 0.4) is 0 Å². The summed E-state index contributed by atoms with van der Waals surface area (Å²) >= 11 is 0. The van der Waals surface area contributed by atoms with Crippen molar-refractivity contribution in [2.75, 3.05) is 24.7 Å². The fraction of sp³-hybridized carbons (Fsp3) is 0.476. The summed E-state index contributed by atoms with van der Waals surface area (Å²) in [4.78, 5) is 22.2. The van der Waals surface area contributed by atoms with E-state index in [1.807, 2.05) is 17.6 Å². The summed E-state index contributed by atoms with van der Waals surface area (Å²) < 4.78 is 37.2. The van der Waals surface area contributed by atoms with Crippen LogP contribution in [-0.4, -0.2) is 59.6 Å². The van der Waals surface area contributed by atoms with Crippen molar-refractivity contribution in [2.45, 2.75) is 38.3 Å². The van der Waals surface area contributed by atoms with Gasteiger partial charge in [0.05, 0.1) is 35.4 Å². The number of rotatable bonds is 5.